The molecule has 0 saturated carbocycles. The molecule has 1 saturated heterocycles. The third-order valence-electron chi connectivity index (χ3n) is 2.65. The second-order valence-electron chi connectivity index (χ2n) is 3.74. The maximum atomic E-state index is 12.7. The van der Waals surface area contributed by atoms with Gasteiger partial charge >= 0.3 is 0 Å². The highest BCUT2D eigenvalue weighted by atomic mass is 19.1. The second-order valence-corrected chi connectivity index (χ2v) is 3.74. The summed E-state index contributed by atoms with van der Waals surface area (Å²) >= 11 is 0. The van der Waals surface area contributed by atoms with Gasteiger partial charge in [-0.05, 0) is 37.1 Å². The molecule has 0 aliphatic carbocycles. The van der Waals surface area contributed by atoms with Crippen LogP contribution in [0.4, 0.5) is 4.39 Å². The van der Waals surface area contributed by atoms with Gasteiger partial charge in [0.1, 0.15) is 5.82 Å². The minimum Gasteiger partial charge on any atom is -0.393 e. The van der Waals surface area contributed by atoms with Crippen molar-refractivity contribution in [1.29, 1.82) is 0 Å². The number of hydrogen-bond donors (Lipinski definition) is 2. The molecule has 1 aliphatic heterocycles. The Morgan fingerprint density at radius 2 is 2.00 bits per heavy atom. The first-order valence-corrected chi connectivity index (χ1v) is 4.92. The number of rotatable bonds is 1. The standard InChI is InChI=1S/C11H14FNO/c12-9-3-1-8(2-4-9)11-7-10(14)5-6-13-11/h1-4,10-11,13-14H,5-7H2/t10-,11?/m0/s1. The Morgan fingerprint density at radius 3 is 2.64 bits per heavy atom. The maximum absolute atomic E-state index is 12.7. The van der Waals surface area contributed by atoms with E-state index in [-0.39, 0.29) is 18.0 Å². The molecule has 1 aromatic rings. The predicted octanol–water partition coefficient (Wildman–Crippen LogP) is 1.61. The van der Waals surface area contributed by atoms with E-state index in [9.17, 15) is 9.50 Å². The fraction of sp³-hybridized carbons (Fsp3) is 0.455. The highest BCUT2D eigenvalue weighted by Crippen LogP contribution is 2.23. The summed E-state index contributed by atoms with van der Waals surface area (Å²) in [5.41, 5.74) is 1.05. The van der Waals surface area contributed by atoms with Gasteiger partial charge in [0.15, 0.2) is 0 Å². The monoisotopic (exact) mass is 195 g/mol. The Morgan fingerprint density at radius 1 is 1.29 bits per heavy atom. The van der Waals surface area contributed by atoms with Gasteiger partial charge in [-0.25, -0.2) is 4.39 Å². The van der Waals surface area contributed by atoms with Crippen molar-refractivity contribution in [3.05, 3.63) is 35.6 Å². The largest absolute Gasteiger partial charge is 0.393 e. The van der Waals surface area contributed by atoms with Gasteiger partial charge in [0, 0.05) is 6.04 Å². The first-order valence-electron chi connectivity index (χ1n) is 4.92. The second kappa shape index (κ2) is 4.07. The molecule has 1 fully saturated rings. The van der Waals surface area contributed by atoms with Crippen LogP contribution in [0.1, 0.15) is 24.4 Å². The third-order valence-corrected chi connectivity index (χ3v) is 2.65. The Labute approximate surface area is 82.8 Å². The molecule has 14 heavy (non-hydrogen) atoms. The summed E-state index contributed by atoms with van der Waals surface area (Å²) in [5.74, 6) is -0.217. The molecule has 2 atom stereocenters. The zero-order valence-corrected chi connectivity index (χ0v) is 7.91. The number of aliphatic hydroxyl groups excluding tert-OH is 1. The number of hydrogen-bond acceptors (Lipinski definition) is 2. The van der Waals surface area contributed by atoms with Gasteiger partial charge in [-0.15, -0.1) is 0 Å². The summed E-state index contributed by atoms with van der Waals surface area (Å²) in [5, 5.41) is 12.8. The van der Waals surface area contributed by atoms with Crippen molar-refractivity contribution in [3.8, 4) is 0 Å². The zero-order valence-electron chi connectivity index (χ0n) is 7.91. The molecule has 1 aromatic carbocycles. The van der Waals surface area contributed by atoms with Crippen LogP contribution in [0.5, 0.6) is 0 Å². The molecule has 2 nitrogen and oxygen atoms in total. The summed E-state index contributed by atoms with van der Waals surface area (Å²) in [7, 11) is 0. The molecule has 2 rings (SSSR count). The van der Waals surface area contributed by atoms with E-state index in [0.717, 1.165) is 18.5 Å². The van der Waals surface area contributed by atoms with E-state index in [0.29, 0.717) is 6.42 Å². The maximum Gasteiger partial charge on any atom is 0.123 e. The Balaban J connectivity index is 2.10. The quantitative estimate of drug-likeness (QED) is 0.713. The summed E-state index contributed by atoms with van der Waals surface area (Å²) < 4.78 is 12.7. The molecular weight excluding hydrogens is 181 g/mol. The van der Waals surface area contributed by atoms with E-state index in [4.69, 9.17) is 0 Å². The topological polar surface area (TPSA) is 32.3 Å². The zero-order chi connectivity index (χ0) is 9.97. The Hall–Kier alpha value is -0.930. The van der Waals surface area contributed by atoms with Crippen LogP contribution in [0, 0.1) is 5.82 Å². The summed E-state index contributed by atoms with van der Waals surface area (Å²) in [4.78, 5) is 0. The van der Waals surface area contributed by atoms with E-state index >= 15 is 0 Å². The van der Waals surface area contributed by atoms with E-state index in [1.54, 1.807) is 12.1 Å². The van der Waals surface area contributed by atoms with Crippen molar-refractivity contribution < 1.29 is 9.50 Å². The lowest BCUT2D eigenvalue weighted by atomic mass is 9.96. The van der Waals surface area contributed by atoms with Crippen LogP contribution in [-0.4, -0.2) is 17.8 Å². The third kappa shape index (κ3) is 2.11. The highest BCUT2D eigenvalue weighted by molar-refractivity contribution is 5.20. The van der Waals surface area contributed by atoms with Gasteiger partial charge in [-0.1, -0.05) is 12.1 Å². The van der Waals surface area contributed by atoms with Crippen LogP contribution in [0.15, 0.2) is 24.3 Å². The molecular formula is C11H14FNO. The molecule has 1 heterocycles. The van der Waals surface area contributed by atoms with E-state index in [2.05, 4.69) is 5.32 Å². The van der Waals surface area contributed by atoms with Crippen molar-refractivity contribution in [2.75, 3.05) is 6.54 Å². The number of piperidine rings is 1. The van der Waals surface area contributed by atoms with Crippen LogP contribution in [0.2, 0.25) is 0 Å². The van der Waals surface area contributed by atoms with Gasteiger partial charge in [0.2, 0.25) is 0 Å². The highest BCUT2D eigenvalue weighted by Gasteiger charge is 2.20. The molecule has 0 radical (unpaired) electrons. The van der Waals surface area contributed by atoms with Crippen LogP contribution < -0.4 is 5.32 Å². The van der Waals surface area contributed by atoms with Gasteiger partial charge in [0.25, 0.3) is 0 Å². The summed E-state index contributed by atoms with van der Waals surface area (Å²) in [6, 6.07) is 6.62. The lowest BCUT2D eigenvalue weighted by molar-refractivity contribution is 0.116. The predicted molar refractivity (Wildman–Crippen MR) is 52.4 cm³/mol. The molecule has 1 unspecified atom stereocenters. The van der Waals surface area contributed by atoms with Crippen molar-refractivity contribution >= 4 is 0 Å². The smallest absolute Gasteiger partial charge is 0.123 e. The molecule has 0 aromatic heterocycles. The van der Waals surface area contributed by atoms with Crippen LogP contribution in [0.25, 0.3) is 0 Å². The van der Waals surface area contributed by atoms with Crippen molar-refractivity contribution in [1.82, 2.24) is 5.32 Å². The van der Waals surface area contributed by atoms with Crippen LogP contribution >= 0.6 is 0 Å². The SMILES string of the molecule is O[C@H]1CCNC(c2ccc(F)cc2)C1. The molecule has 0 spiro atoms. The molecule has 3 heteroatoms. The van der Waals surface area contributed by atoms with E-state index in [1.165, 1.54) is 12.1 Å². The fourth-order valence-electron chi connectivity index (χ4n) is 1.85. The molecule has 0 bridgehead atoms. The molecule has 0 amide bonds. The number of aliphatic hydroxyl groups is 1. The Kier molecular flexibility index (Phi) is 2.79. The molecule has 1 aliphatic rings. The minimum atomic E-state index is -0.230. The fourth-order valence-corrected chi connectivity index (χ4v) is 1.85. The van der Waals surface area contributed by atoms with Crippen molar-refractivity contribution in [2.24, 2.45) is 0 Å². The normalized spacial score (nSPS) is 27.6. The average molecular weight is 195 g/mol. The van der Waals surface area contributed by atoms with Crippen LogP contribution in [0.3, 0.4) is 0 Å². The van der Waals surface area contributed by atoms with Gasteiger partial charge in [-0.2, -0.15) is 0 Å². The summed E-state index contributed by atoms with van der Waals surface area (Å²) in [6.07, 6.45) is 1.29. The van der Waals surface area contributed by atoms with E-state index in [1.807, 2.05) is 0 Å². The number of halogens is 1. The minimum absolute atomic E-state index is 0.166. The van der Waals surface area contributed by atoms with Crippen molar-refractivity contribution in [3.63, 3.8) is 0 Å². The van der Waals surface area contributed by atoms with E-state index < -0.39 is 0 Å². The lowest BCUT2D eigenvalue weighted by Gasteiger charge is -2.27. The van der Waals surface area contributed by atoms with Gasteiger partial charge in [0.05, 0.1) is 6.10 Å². The van der Waals surface area contributed by atoms with Crippen LogP contribution in [-0.2, 0) is 0 Å². The first-order chi connectivity index (χ1) is 6.75. The summed E-state index contributed by atoms with van der Waals surface area (Å²) in [6.45, 7) is 0.823. The molecule has 76 valence electrons. The first kappa shape index (κ1) is 9.62. The molecule has 2 N–H and O–H groups in total. The number of benzene rings is 1. The van der Waals surface area contributed by atoms with Gasteiger partial charge < -0.3 is 10.4 Å². The van der Waals surface area contributed by atoms with Crippen molar-refractivity contribution in [2.45, 2.75) is 25.0 Å². The van der Waals surface area contributed by atoms with Gasteiger partial charge in [-0.3, -0.25) is 0 Å². The lowest BCUT2D eigenvalue weighted by Crippen LogP contribution is -2.34. The Bertz CT molecular complexity index is 299. The average Bonchev–Trinajstić information content (AvgIpc) is 2.19. The number of nitrogens with one attached hydrogen (secondary N) is 1.